The first kappa shape index (κ1) is 17.4. The van der Waals surface area contributed by atoms with Crippen molar-refractivity contribution in [2.24, 2.45) is 5.92 Å². The Hall–Kier alpha value is -1.42. The maximum Gasteiger partial charge on any atom is 0.239 e. The summed E-state index contributed by atoms with van der Waals surface area (Å²) in [6.45, 7) is 5.86. The molecule has 1 aromatic carbocycles. The Bertz CT molecular complexity index is 548. The normalized spacial score (nSPS) is 21.7. The first-order valence-electron chi connectivity index (χ1n) is 9.41. The first-order chi connectivity index (χ1) is 11.6. The van der Waals surface area contributed by atoms with E-state index >= 15 is 0 Å². The number of halogens is 1. The van der Waals surface area contributed by atoms with Crippen molar-refractivity contribution in [1.29, 1.82) is 0 Å². The molecule has 2 aliphatic heterocycles. The molecule has 24 heavy (non-hydrogen) atoms. The second-order valence-corrected chi connectivity index (χ2v) is 7.38. The molecule has 1 amide bonds. The minimum Gasteiger partial charge on any atom is -0.341 e. The highest BCUT2D eigenvalue weighted by Gasteiger charge is 2.29. The molecule has 0 radical (unpaired) electrons. The number of likely N-dealkylation sites (tertiary alicyclic amines) is 2. The van der Waals surface area contributed by atoms with Crippen LogP contribution in [0.1, 0.15) is 44.6 Å². The van der Waals surface area contributed by atoms with Gasteiger partial charge in [0, 0.05) is 13.1 Å². The zero-order valence-corrected chi connectivity index (χ0v) is 14.7. The lowest BCUT2D eigenvalue weighted by atomic mass is 9.89. The van der Waals surface area contributed by atoms with Crippen molar-refractivity contribution in [2.45, 2.75) is 51.5 Å². The smallest absolute Gasteiger partial charge is 0.239 e. The Morgan fingerprint density at radius 2 is 1.88 bits per heavy atom. The monoisotopic (exact) mass is 332 g/mol. The van der Waals surface area contributed by atoms with Crippen LogP contribution in [0, 0.1) is 11.7 Å². The third-order valence-corrected chi connectivity index (χ3v) is 5.64. The minimum atomic E-state index is -0.148. The lowest BCUT2D eigenvalue weighted by Crippen LogP contribution is -2.50. The largest absolute Gasteiger partial charge is 0.341 e. The molecule has 2 heterocycles. The van der Waals surface area contributed by atoms with E-state index in [1.54, 1.807) is 12.1 Å². The molecule has 2 saturated heterocycles. The highest BCUT2D eigenvalue weighted by Crippen LogP contribution is 2.24. The van der Waals surface area contributed by atoms with E-state index in [-0.39, 0.29) is 11.9 Å². The van der Waals surface area contributed by atoms with Gasteiger partial charge in [0.05, 0.1) is 6.04 Å². The summed E-state index contributed by atoms with van der Waals surface area (Å²) in [5, 5.41) is 0. The van der Waals surface area contributed by atoms with Crippen LogP contribution in [-0.4, -0.2) is 47.9 Å². The Labute approximate surface area is 144 Å². The van der Waals surface area contributed by atoms with E-state index < -0.39 is 0 Å². The maximum atomic E-state index is 13.3. The minimum absolute atomic E-state index is 0.00165. The molecule has 0 aromatic heterocycles. The van der Waals surface area contributed by atoms with Crippen molar-refractivity contribution < 1.29 is 9.18 Å². The van der Waals surface area contributed by atoms with Crippen LogP contribution in [0.25, 0.3) is 0 Å². The van der Waals surface area contributed by atoms with Crippen molar-refractivity contribution in [3.8, 4) is 0 Å². The Kier molecular flexibility index (Phi) is 5.88. The molecule has 1 atom stereocenters. The molecule has 0 N–H and O–H groups in total. The van der Waals surface area contributed by atoms with Crippen molar-refractivity contribution in [2.75, 3.05) is 26.2 Å². The molecule has 1 aromatic rings. The molecule has 2 fully saturated rings. The second kappa shape index (κ2) is 8.11. The van der Waals surface area contributed by atoms with E-state index in [0.29, 0.717) is 11.8 Å². The van der Waals surface area contributed by atoms with Gasteiger partial charge >= 0.3 is 0 Å². The first-order valence-corrected chi connectivity index (χ1v) is 9.41. The SMILES string of the molecule is C[C@@H](C(=O)N1CCCCC1)N1CCC(Cc2cccc(F)c2)CC1. The fourth-order valence-electron chi connectivity index (χ4n) is 4.08. The number of carbonyl (C=O) groups is 1. The quantitative estimate of drug-likeness (QED) is 0.843. The van der Waals surface area contributed by atoms with Gasteiger partial charge < -0.3 is 4.90 Å². The molecule has 0 aliphatic carbocycles. The highest BCUT2D eigenvalue weighted by molar-refractivity contribution is 5.81. The molecule has 0 spiro atoms. The zero-order valence-electron chi connectivity index (χ0n) is 14.7. The number of nitrogens with zero attached hydrogens (tertiary/aromatic N) is 2. The van der Waals surface area contributed by atoms with E-state index in [2.05, 4.69) is 11.8 Å². The van der Waals surface area contributed by atoms with Gasteiger partial charge in [0.25, 0.3) is 0 Å². The van der Waals surface area contributed by atoms with Gasteiger partial charge in [-0.3, -0.25) is 9.69 Å². The van der Waals surface area contributed by atoms with Crippen LogP contribution in [0.3, 0.4) is 0 Å². The topological polar surface area (TPSA) is 23.6 Å². The van der Waals surface area contributed by atoms with Crippen LogP contribution in [-0.2, 0) is 11.2 Å². The van der Waals surface area contributed by atoms with Crippen LogP contribution in [0.2, 0.25) is 0 Å². The Morgan fingerprint density at radius 3 is 2.54 bits per heavy atom. The standard InChI is InChI=1S/C20H29FN2O/c1-16(20(24)23-10-3-2-4-11-23)22-12-8-17(9-13-22)14-18-6-5-7-19(21)15-18/h5-7,15-17H,2-4,8-14H2,1H3/t16-/m0/s1. The Morgan fingerprint density at radius 1 is 1.17 bits per heavy atom. The predicted molar refractivity (Wildman–Crippen MR) is 94.3 cm³/mol. The number of hydrogen-bond acceptors (Lipinski definition) is 2. The molecular formula is C20H29FN2O. The number of carbonyl (C=O) groups excluding carboxylic acids is 1. The zero-order chi connectivity index (χ0) is 16.9. The average molecular weight is 332 g/mol. The lowest BCUT2D eigenvalue weighted by Gasteiger charge is -2.38. The van der Waals surface area contributed by atoms with E-state index in [1.165, 1.54) is 12.5 Å². The third-order valence-electron chi connectivity index (χ3n) is 5.64. The summed E-state index contributed by atoms with van der Waals surface area (Å²) >= 11 is 0. The molecule has 4 heteroatoms. The summed E-state index contributed by atoms with van der Waals surface area (Å²) in [6.07, 6.45) is 6.67. The molecular weight excluding hydrogens is 303 g/mol. The summed E-state index contributed by atoms with van der Waals surface area (Å²) in [4.78, 5) is 17.0. The molecule has 0 bridgehead atoms. The second-order valence-electron chi connectivity index (χ2n) is 7.38. The van der Waals surface area contributed by atoms with Crippen molar-refractivity contribution in [1.82, 2.24) is 9.80 Å². The van der Waals surface area contributed by atoms with Gasteiger partial charge in [-0.15, -0.1) is 0 Å². The number of hydrogen-bond donors (Lipinski definition) is 0. The van der Waals surface area contributed by atoms with E-state index in [0.717, 1.165) is 63.8 Å². The van der Waals surface area contributed by atoms with E-state index in [4.69, 9.17) is 0 Å². The Balaban J connectivity index is 1.48. The highest BCUT2D eigenvalue weighted by atomic mass is 19.1. The average Bonchev–Trinajstić information content (AvgIpc) is 2.62. The van der Waals surface area contributed by atoms with Gasteiger partial charge in [-0.05, 0) is 82.2 Å². The van der Waals surface area contributed by atoms with Crippen LogP contribution in [0.15, 0.2) is 24.3 Å². The number of benzene rings is 1. The maximum absolute atomic E-state index is 13.3. The lowest BCUT2D eigenvalue weighted by molar-refractivity contribution is -0.137. The predicted octanol–water partition coefficient (Wildman–Crippen LogP) is 3.48. The van der Waals surface area contributed by atoms with Gasteiger partial charge in [0.15, 0.2) is 0 Å². The van der Waals surface area contributed by atoms with Gasteiger partial charge in [0.1, 0.15) is 5.82 Å². The van der Waals surface area contributed by atoms with Crippen LogP contribution in [0.4, 0.5) is 4.39 Å². The summed E-state index contributed by atoms with van der Waals surface area (Å²) in [7, 11) is 0. The van der Waals surface area contributed by atoms with E-state index in [1.807, 2.05) is 11.0 Å². The molecule has 132 valence electrons. The van der Waals surface area contributed by atoms with Gasteiger partial charge in [-0.1, -0.05) is 12.1 Å². The summed E-state index contributed by atoms with van der Waals surface area (Å²) in [6, 6.07) is 6.95. The van der Waals surface area contributed by atoms with Gasteiger partial charge in [-0.25, -0.2) is 4.39 Å². The number of amides is 1. The van der Waals surface area contributed by atoms with Gasteiger partial charge in [-0.2, -0.15) is 0 Å². The summed E-state index contributed by atoms with van der Waals surface area (Å²) in [5.41, 5.74) is 1.09. The summed E-state index contributed by atoms with van der Waals surface area (Å²) < 4.78 is 13.3. The van der Waals surface area contributed by atoms with Crippen molar-refractivity contribution in [3.05, 3.63) is 35.6 Å². The van der Waals surface area contributed by atoms with Crippen molar-refractivity contribution in [3.63, 3.8) is 0 Å². The molecule has 0 unspecified atom stereocenters. The molecule has 0 saturated carbocycles. The van der Waals surface area contributed by atoms with E-state index in [9.17, 15) is 9.18 Å². The van der Waals surface area contributed by atoms with Gasteiger partial charge in [0.2, 0.25) is 5.91 Å². The number of piperidine rings is 2. The van der Waals surface area contributed by atoms with Crippen LogP contribution < -0.4 is 0 Å². The van der Waals surface area contributed by atoms with Crippen molar-refractivity contribution >= 4 is 5.91 Å². The third kappa shape index (κ3) is 4.35. The fourth-order valence-corrected chi connectivity index (χ4v) is 4.08. The summed E-state index contributed by atoms with van der Waals surface area (Å²) in [5.74, 6) is 0.754. The van der Waals surface area contributed by atoms with Crippen LogP contribution >= 0.6 is 0 Å². The number of rotatable bonds is 4. The molecule has 2 aliphatic rings. The van der Waals surface area contributed by atoms with Crippen LogP contribution in [0.5, 0.6) is 0 Å². The molecule has 3 rings (SSSR count). The molecule has 3 nitrogen and oxygen atoms in total. The fraction of sp³-hybridized carbons (Fsp3) is 0.650.